The van der Waals surface area contributed by atoms with Gasteiger partial charge in [0, 0.05) is 6.42 Å². The zero-order chi connectivity index (χ0) is 19.8. The molecule has 0 aliphatic carbocycles. The number of hydrogen-bond donors (Lipinski definition) is 0. The first-order chi connectivity index (χ1) is 10.4. The molecule has 0 aliphatic heterocycles. The highest BCUT2D eigenvalue weighted by Crippen LogP contribution is 2.58. The summed E-state index contributed by atoms with van der Waals surface area (Å²) < 4.78 is 144. The van der Waals surface area contributed by atoms with E-state index < -0.39 is 53.7 Å². The van der Waals surface area contributed by atoms with Crippen molar-refractivity contribution in [2.24, 2.45) is 0 Å². The lowest BCUT2D eigenvalue weighted by Gasteiger charge is -2.37. The predicted molar refractivity (Wildman–Crippen MR) is 59.8 cm³/mol. The minimum absolute atomic E-state index is 0.425. The summed E-state index contributed by atoms with van der Waals surface area (Å²) in [5.41, 5.74) is 0. The van der Waals surface area contributed by atoms with Gasteiger partial charge in [0.1, 0.15) is 4.83 Å². The summed E-state index contributed by atoms with van der Waals surface area (Å²) in [7, 11) is 0. The van der Waals surface area contributed by atoms with E-state index in [0.717, 1.165) is 0 Å². The summed E-state index contributed by atoms with van der Waals surface area (Å²) in [6.45, 7) is 0.744. The molecule has 0 aromatic heterocycles. The van der Waals surface area contributed by atoms with Gasteiger partial charge in [-0.15, -0.1) is 0 Å². The SMILES string of the molecule is CCOC(=O)C(Br)CC(F)(F)C(F)(F)C(F)(F)C(F)(F)C(F)(F)F. The molecule has 0 aromatic carbocycles. The van der Waals surface area contributed by atoms with Crippen LogP contribution in [0.15, 0.2) is 0 Å². The van der Waals surface area contributed by atoms with E-state index in [9.17, 15) is 53.1 Å². The monoisotopic (exact) mass is 448 g/mol. The van der Waals surface area contributed by atoms with Crippen molar-refractivity contribution in [3.05, 3.63) is 0 Å². The zero-order valence-corrected chi connectivity index (χ0v) is 12.9. The summed E-state index contributed by atoms with van der Waals surface area (Å²) >= 11 is 2.09. The van der Waals surface area contributed by atoms with E-state index in [2.05, 4.69) is 20.7 Å². The van der Waals surface area contributed by atoms with E-state index in [0.29, 0.717) is 0 Å². The lowest BCUT2D eigenvalue weighted by molar-refractivity contribution is -0.422. The summed E-state index contributed by atoms with van der Waals surface area (Å²) in [6, 6.07) is 0. The first kappa shape index (κ1) is 23.2. The van der Waals surface area contributed by atoms with E-state index >= 15 is 0 Å². The molecule has 1 unspecified atom stereocenters. The van der Waals surface area contributed by atoms with Crippen molar-refractivity contribution in [1.29, 1.82) is 0 Å². The van der Waals surface area contributed by atoms with Crippen LogP contribution in [0.1, 0.15) is 13.3 Å². The Hall–Kier alpha value is -0.820. The van der Waals surface area contributed by atoms with Crippen LogP contribution in [0.4, 0.5) is 48.3 Å². The molecule has 0 fully saturated rings. The lowest BCUT2D eigenvalue weighted by atomic mass is 9.95. The maximum Gasteiger partial charge on any atom is 0.460 e. The molecule has 24 heavy (non-hydrogen) atoms. The van der Waals surface area contributed by atoms with E-state index in [-0.39, 0.29) is 0 Å². The van der Waals surface area contributed by atoms with Crippen LogP contribution in [0.3, 0.4) is 0 Å². The second-order valence-corrected chi connectivity index (χ2v) is 5.45. The van der Waals surface area contributed by atoms with Gasteiger partial charge in [-0.2, -0.15) is 48.3 Å². The van der Waals surface area contributed by atoms with Gasteiger partial charge in [-0.3, -0.25) is 4.79 Å². The molecule has 0 aromatic rings. The van der Waals surface area contributed by atoms with Crippen molar-refractivity contribution in [3.63, 3.8) is 0 Å². The maximum atomic E-state index is 13.3. The maximum absolute atomic E-state index is 13.3. The van der Waals surface area contributed by atoms with Gasteiger partial charge in [0.05, 0.1) is 6.61 Å². The molecule has 0 spiro atoms. The third-order valence-electron chi connectivity index (χ3n) is 2.58. The fourth-order valence-electron chi connectivity index (χ4n) is 1.27. The summed E-state index contributed by atoms with van der Waals surface area (Å²) in [5, 5.41) is 0. The molecule has 0 heterocycles. The smallest absolute Gasteiger partial charge is 0.460 e. The Morgan fingerprint density at radius 2 is 1.29 bits per heavy atom. The van der Waals surface area contributed by atoms with E-state index in [1.54, 1.807) is 0 Å². The first-order valence-corrected chi connectivity index (χ1v) is 6.67. The molecule has 0 saturated heterocycles. The Morgan fingerprint density at radius 3 is 1.62 bits per heavy atom. The number of carbonyl (C=O) groups excluding carboxylic acids is 1. The Balaban J connectivity index is 5.73. The number of esters is 1. The standard InChI is InChI=1S/C10H8BrF11O2/c1-2-24-5(23)4(11)3-6(12,13)7(14,15)8(16,17)9(18,19)10(20,21)22/h4H,2-3H2,1H3. The van der Waals surface area contributed by atoms with Crippen molar-refractivity contribution < 1.29 is 57.8 Å². The number of carbonyl (C=O) groups is 1. The van der Waals surface area contributed by atoms with Gasteiger partial charge < -0.3 is 4.74 Å². The molecule has 0 N–H and O–H groups in total. The summed E-state index contributed by atoms with van der Waals surface area (Å²) in [5.74, 6) is -29.8. The molecule has 0 aliphatic rings. The van der Waals surface area contributed by atoms with Crippen molar-refractivity contribution in [1.82, 2.24) is 0 Å². The molecule has 14 heteroatoms. The minimum atomic E-state index is -7.48. The number of hydrogen-bond acceptors (Lipinski definition) is 2. The van der Waals surface area contributed by atoms with E-state index in [1.807, 2.05) is 0 Å². The Bertz CT molecular complexity index is 460. The van der Waals surface area contributed by atoms with Crippen LogP contribution in [0.2, 0.25) is 0 Å². The highest BCUT2D eigenvalue weighted by atomic mass is 79.9. The van der Waals surface area contributed by atoms with Crippen LogP contribution in [-0.2, 0) is 9.53 Å². The van der Waals surface area contributed by atoms with Crippen LogP contribution in [-0.4, -0.2) is 47.3 Å². The second kappa shape index (κ2) is 6.83. The topological polar surface area (TPSA) is 26.3 Å². The predicted octanol–water partition coefficient (Wildman–Crippen LogP) is 4.81. The summed E-state index contributed by atoms with van der Waals surface area (Å²) in [4.78, 5) is 8.64. The molecule has 2 nitrogen and oxygen atoms in total. The molecule has 1 atom stereocenters. The number of rotatable bonds is 7. The molecular formula is C10H8BrF11O2. The van der Waals surface area contributed by atoms with Crippen LogP contribution in [0, 0.1) is 0 Å². The first-order valence-electron chi connectivity index (χ1n) is 5.75. The fraction of sp³-hybridized carbons (Fsp3) is 0.900. The minimum Gasteiger partial charge on any atom is -0.465 e. The third kappa shape index (κ3) is 3.87. The van der Waals surface area contributed by atoms with Crippen LogP contribution in [0.5, 0.6) is 0 Å². The number of ether oxygens (including phenoxy) is 1. The van der Waals surface area contributed by atoms with Gasteiger partial charge in [-0.05, 0) is 6.92 Å². The lowest BCUT2D eigenvalue weighted by Crippen LogP contribution is -2.66. The molecular weight excluding hydrogens is 441 g/mol. The van der Waals surface area contributed by atoms with Crippen LogP contribution < -0.4 is 0 Å². The molecule has 0 radical (unpaired) electrons. The Morgan fingerprint density at radius 1 is 0.875 bits per heavy atom. The third-order valence-corrected chi connectivity index (χ3v) is 3.28. The largest absolute Gasteiger partial charge is 0.465 e. The number of halogens is 12. The van der Waals surface area contributed by atoms with Gasteiger partial charge in [-0.1, -0.05) is 15.9 Å². The van der Waals surface area contributed by atoms with Gasteiger partial charge in [-0.25, -0.2) is 0 Å². The number of alkyl halides is 12. The van der Waals surface area contributed by atoms with E-state index in [1.165, 1.54) is 6.92 Å². The molecule has 0 saturated carbocycles. The molecule has 0 amide bonds. The zero-order valence-electron chi connectivity index (χ0n) is 11.3. The van der Waals surface area contributed by atoms with Crippen molar-refractivity contribution in [3.8, 4) is 0 Å². The van der Waals surface area contributed by atoms with Crippen LogP contribution >= 0.6 is 15.9 Å². The normalized spacial score (nSPS) is 16.0. The van der Waals surface area contributed by atoms with E-state index in [4.69, 9.17) is 0 Å². The van der Waals surface area contributed by atoms with Gasteiger partial charge in [0.15, 0.2) is 0 Å². The van der Waals surface area contributed by atoms with Crippen molar-refractivity contribution in [2.75, 3.05) is 6.61 Å². The highest BCUT2D eigenvalue weighted by Gasteiger charge is 2.87. The van der Waals surface area contributed by atoms with Crippen LogP contribution in [0.25, 0.3) is 0 Å². The van der Waals surface area contributed by atoms with Gasteiger partial charge in [0.25, 0.3) is 0 Å². The fourth-order valence-corrected chi connectivity index (χ4v) is 1.81. The van der Waals surface area contributed by atoms with Gasteiger partial charge in [0.2, 0.25) is 0 Å². The van der Waals surface area contributed by atoms with Gasteiger partial charge >= 0.3 is 35.8 Å². The average molecular weight is 449 g/mol. The van der Waals surface area contributed by atoms with Crippen molar-refractivity contribution >= 4 is 21.9 Å². The molecule has 144 valence electrons. The Labute approximate surface area is 135 Å². The molecule has 0 bridgehead atoms. The quantitative estimate of drug-likeness (QED) is 0.317. The highest BCUT2D eigenvalue weighted by molar-refractivity contribution is 9.10. The van der Waals surface area contributed by atoms with Crippen molar-refractivity contribution in [2.45, 2.75) is 48.0 Å². The average Bonchev–Trinajstić information content (AvgIpc) is 2.36. The molecule has 0 rings (SSSR count). The Kier molecular flexibility index (Phi) is 6.59. The summed E-state index contributed by atoms with van der Waals surface area (Å²) in [6.07, 6.45) is -9.73. The second-order valence-electron chi connectivity index (χ2n) is 4.35.